The van der Waals surface area contributed by atoms with Gasteiger partial charge >= 0.3 is 0 Å². The van der Waals surface area contributed by atoms with E-state index in [-0.39, 0.29) is 24.5 Å². The summed E-state index contributed by atoms with van der Waals surface area (Å²) in [5.74, 6) is 1.28. The van der Waals surface area contributed by atoms with E-state index in [4.69, 9.17) is 19.8 Å². The number of aliphatic hydroxyl groups is 1. The molecule has 0 unspecified atom stereocenters. The van der Waals surface area contributed by atoms with Gasteiger partial charge in [-0.2, -0.15) is 5.10 Å². The van der Waals surface area contributed by atoms with Gasteiger partial charge in [-0.05, 0) is 18.6 Å². The number of H-pyrrole nitrogens is 1. The Morgan fingerprint density at radius 3 is 2.88 bits per heavy atom. The molecule has 3 aromatic heterocycles. The van der Waals surface area contributed by atoms with E-state index in [1.807, 2.05) is 24.3 Å². The average molecular weight is 474 g/mol. The molecule has 168 valence electrons. The summed E-state index contributed by atoms with van der Waals surface area (Å²) in [7, 11) is -3.31. The molecule has 0 amide bonds. The molecule has 1 saturated heterocycles. The van der Waals surface area contributed by atoms with Crippen molar-refractivity contribution < 1.29 is 18.3 Å². The molecule has 1 fully saturated rings. The number of fused-ring (bicyclic) bond motifs is 2. The number of ether oxygens (including phenoxy) is 1. The van der Waals surface area contributed by atoms with Crippen LogP contribution < -0.4 is 4.90 Å². The Bertz CT molecular complexity index is 1360. The molecule has 1 aliphatic heterocycles. The van der Waals surface area contributed by atoms with Crippen molar-refractivity contribution in [2.75, 3.05) is 43.6 Å². The van der Waals surface area contributed by atoms with Crippen molar-refractivity contribution in [1.82, 2.24) is 20.2 Å². The Hall–Kier alpha value is -2.60. The summed E-state index contributed by atoms with van der Waals surface area (Å²) in [6.45, 7) is 2.52. The van der Waals surface area contributed by atoms with Gasteiger partial charge in [0.1, 0.15) is 0 Å². The van der Waals surface area contributed by atoms with Gasteiger partial charge in [0, 0.05) is 35.5 Å². The number of aliphatic hydroxyl groups excluding tert-OH is 1. The van der Waals surface area contributed by atoms with Crippen LogP contribution in [0.3, 0.4) is 0 Å². The van der Waals surface area contributed by atoms with Crippen LogP contribution in [0.25, 0.3) is 32.5 Å². The van der Waals surface area contributed by atoms with Gasteiger partial charge in [0.15, 0.2) is 21.5 Å². The number of hydrogen-bond acceptors (Lipinski definition) is 9. The van der Waals surface area contributed by atoms with Crippen molar-refractivity contribution in [2.24, 2.45) is 0 Å². The second-order valence-electron chi connectivity index (χ2n) is 7.70. The first-order chi connectivity index (χ1) is 15.5. The van der Waals surface area contributed by atoms with E-state index in [0.717, 1.165) is 37.4 Å². The van der Waals surface area contributed by atoms with Crippen LogP contribution in [0, 0.1) is 0 Å². The highest BCUT2D eigenvalue weighted by molar-refractivity contribution is 7.90. The fourth-order valence-corrected chi connectivity index (χ4v) is 6.79. The molecule has 4 heterocycles. The Morgan fingerprint density at radius 1 is 1.22 bits per heavy atom. The predicted octanol–water partition coefficient (Wildman–Crippen LogP) is 2.37. The molecule has 0 atom stereocenters. The highest BCUT2D eigenvalue weighted by Gasteiger charge is 2.22. The molecule has 5 rings (SSSR count). The molecule has 4 aromatic rings. The van der Waals surface area contributed by atoms with Gasteiger partial charge in [-0.3, -0.25) is 5.10 Å². The standard InChI is InChI=1S/C21H23N5O4S2/c27-7-2-10-32(28,29)13-14-11-18-19(31-14)21(26-5-8-30-9-6-26)24-20(23-18)15-3-1-4-17-16(15)12-22-25-17/h1,3-4,11-12,27H,2,5-10,13H2,(H,22,25). The molecule has 0 saturated carbocycles. The van der Waals surface area contributed by atoms with Crippen LogP contribution in [0.2, 0.25) is 0 Å². The molecule has 2 N–H and O–H groups in total. The maximum absolute atomic E-state index is 12.4. The Labute approximate surface area is 189 Å². The van der Waals surface area contributed by atoms with E-state index in [1.54, 1.807) is 6.20 Å². The second-order valence-corrected chi connectivity index (χ2v) is 11.0. The molecule has 1 aliphatic rings. The number of rotatable bonds is 7. The molecule has 0 bridgehead atoms. The van der Waals surface area contributed by atoms with Crippen molar-refractivity contribution in [3.8, 4) is 11.4 Å². The highest BCUT2D eigenvalue weighted by atomic mass is 32.2. The molecule has 32 heavy (non-hydrogen) atoms. The van der Waals surface area contributed by atoms with Crippen molar-refractivity contribution in [1.29, 1.82) is 0 Å². The summed E-state index contributed by atoms with van der Waals surface area (Å²) in [6, 6.07) is 7.70. The zero-order valence-corrected chi connectivity index (χ0v) is 19.0. The number of aromatic amines is 1. The molecule has 9 nitrogen and oxygen atoms in total. The maximum Gasteiger partial charge on any atom is 0.162 e. The summed E-state index contributed by atoms with van der Waals surface area (Å²) in [6.07, 6.45) is 2.00. The normalized spacial score (nSPS) is 15.1. The van der Waals surface area contributed by atoms with E-state index in [2.05, 4.69) is 15.1 Å². The summed E-state index contributed by atoms with van der Waals surface area (Å²) in [4.78, 5) is 12.6. The van der Waals surface area contributed by atoms with Gasteiger partial charge in [-0.25, -0.2) is 18.4 Å². The van der Waals surface area contributed by atoms with E-state index >= 15 is 0 Å². The Morgan fingerprint density at radius 2 is 2.06 bits per heavy atom. The summed E-state index contributed by atoms with van der Waals surface area (Å²) in [5.41, 5.74) is 2.51. The zero-order chi connectivity index (χ0) is 22.1. The predicted molar refractivity (Wildman–Crippen MR) is 125 cm³/mol. The lowest BCUT2D eigenvalue weighted by Gasteiger charge is -2.28. The Balaban J connectivity index is 1.62. The topological polar surface area (TPSA) is 121 Å². The van der Waals surface area contributed by atoms with Gasteiger partial charge in [-0.15, -0.1) is 11.3 Å². The monoisotopic (exact) mass is 473 g/mol. The van der Waals surface area contributed by atoms with Crippen molar-refractivity contribution in [3.63, 3.8) is 0 Å². The number of nitrogens with zero attached hydrogens (tertiary/aromatic N) is 4. The third kappa shape index (κ3) is 4.20. The number of sulfone groups is 1. The molecule has 11 heteroatoms. The second kappa shape index (κ2) is 8.74. The lowest BCUT2D eigenvalue weighted by molar-refractivity contribution is 0.122. The summed E-state index contributed by atoms with van der Waals surface area (Å²) in [5, 5.41) is 17.0. The van der Waals surface area contributed by atoms with Crippen LogP contribution in [0.5, 0.6) is 0 Å². The number of hydrogen-bond donors (Lipinski definition) is 2. The fraction of sp³-hybridized carbons (Fsp3) is 0.381. The minimum absolute atomic E-state index is 0.0342. The third-order valence-electron chi connectivity index (χ3n) is 5.42. The number of benzene rings is 1. The van der Waals surface area contributed by atoms with E-state index < -0.39 is 9.84 Å². The Kier molecular flexibility index (Phi) is 5.80. The van der Waals surface area contributed by atoms with E-state index in [1.165, 1.54) is 11.3 Å². The number of thiophene rings is 1. The van der Waals surface area contributed by atoms with Gasteiger partial charge < -0.3 is 14.7 Å². The van der Waals surface area contributed by atoms with Gasteiger partial charge in [0.05, 0.1) is 46.6 Å². The fourth-order valence-electron chi connectivity index (χ4n) is 3.88. The van der Waals surface area contributed by atoms with Crippen molar-refractivity contribution in [3.05, 3.63) is 35.3 Å². The van der Waals surface area contributed by atoms with Crippen LogP contribution in [0.15, 0.2) is 30.5 Å². The van der Waals surface area contributed by atoms with Crippen molar-refractivity contribution >= 4 is 48.1 Å². The zero-order valence-electron chi connectivity index (χ0n) is 17.3. The quantitative estimate of drug-likeness (QED) is 0.420. The van der Waals surface area contributed by atoms with Gasteiger partial charge in [0.2, 0.25) is 0 Å². The summed E-state index contributed by atoms with van der Waals surface area (Å²) >= 11 is 1.42. The number of morpholine rings is 1. The molecule has 0 radical (unpaired) electrons. The van der Waals surface area contributed by atoms with E-state index in [0.29, 0.717) is 32.1 Å². The van der Waals surface area contributed by atoms with Crippen molar-refractivity contribution in [2.45, 2.75) is 12.2 Å². The maximum atomic E-state index is 12.4. The first kappa shape index (κ1) is 21.3. The van der Waals surface area contributed by atoms with Crippen LogP contribution >= 0.6 is 11.3 Å². The minimum atomic E-state index is -3.31. The van der Waals surface area contributed by atoms with E-state index in [9.17, 15) is 8.42 Å². The first-order valence-corrected chi connectivity index (χ1v) is 13.0. The largest absolute Gasteiger partial charge is 0.396 e. The first-order valence-electron chi connectivity index (χ1n) is 10.4. The lowest BCUT2D eigenvalue weighted by Crippen LogP contribution is -2.36. The van der Waals surface area contributed by atoms with Gasteiger partial charge in [-0.1, -0.05) is 12.1 Å². The molecular formula is C21H23N5O4S2. The van der Waals surface area contributed by atoms with Crippen LogP contribution in [0.1, 0.15) is 11.3 Å². The number of anilines is 1. The summed E-state index contributed by atoms with van der Waals surface area (Å²) < 4.78 is 31.3. The van der Waals surface area contributed by atoms with Crippen LogP contribution in [-0.2, 0) is 20.3 Å². The number of aromatic nitrogens is 4. The highest BCUT2D eigenvalue weighted by Crippen LogP contribution is 2.36. The van der Waals surface area contributed by atoms with Crippen LogP contribution in [0.4, 0.5) is 5.82 Å². The molecule has 1 aromatic carbocycles. The lowest BCUT2D eigenvalue weighted by atomic mass is 10.1. The SMILES string of the molecule is O=S(=O)(CCCO)Cc1cc2nc(-c3cccc4[nH]ncc34)nc(N3CCOCC3)c2s1. The third-order valence-corrected chi connectivity index (χ3v) is 8.38. The molecular weight excluding hydrogens is 450 g/mol. The molecule has 0 aliphatic carbocycles. The number of nitrogens with one attached hydrogen (secondary N) is 1. The average Bonchev–Trinajstić information content (AvgIpc) is 3.43. The van der Waals surface area contributed by atoms with Crippen LogP contribution in [-0.4, -0.2) is 72.4 Å². The molecule has 0 spiro atoms. The minimum Gasteiger partial charge on any atom is -0.396 e. The van der Waals surface area contributed by atoms with Gasteiger partial charge in [0.25, 0.3) is 0 Å². The smallest absolute Gasteiger partial charge is 0.162 e.